The zero-order valence-electron chi connectivity index (χ0n) is 15.0. The summed E-state index contributed by atoms with van der Waals surface area (Å²) in [7, 11) is 0. The molecule has 0 saturated carbocycles. The van der Waals surface area contributed by atoms with Gasteiger partial charge in [0.05, 0.1) is 37.1 Å². The van der Waals surface area contributed by atoms with E-state index in [0.29, 0.717) is 38.3 Å². The maximum atomic E-state index is 12.8. The molecule has 0 unspecified atom stereocenters. The zero-order chi connectivity index (χ0) is 18.0. The predicted octanol–water partition coefficient (Wildman–Crippen LogP) is -0.520. The van der Waals surface area contributed by atoms with Crippen LogP contribution in [0.4, 0.5) is 0 Å². The van der Waals surface area contributed by atoms with Crippen LogP contribution in [-0.4, -0.2) is 93.3 Å². The van der Waals surface area contributed by atoms with Gasteiger partial charge in [0, 0.05) is 38.4 Å². The Morgan fingerprint density at radius 2 is 2.00 bits per heavy atom. The normalized spacial score (nSPS) is 28.3. The Morgan fingerprint density at radius 1 is 1.28 bits per heavy atom. The molecule has 2 saturated heterocycles. The van der Waals surface area contributed by atoms with Crippen LogP contribution in [0, 0.1) is 6.92 Å². The number of aromatic nitrogens is 2. The molecule has 2 aliphatic rings. The number of aryl methyl sites for hydroxylation is 1. The molecular formula is C17H28N4O4. The van der Waals surface area contributed by atoms with Crippen LogP contribution in [0.15, 0.2) is 6.20 Å². The molecule has 0 aliphatic carbocycles. The first kappa shape index (κ1) is 18.3. The average Bonchev–Trinajstić information content (AvgIpc) is 2.98. The summed E-state index contributed by atoms with van der Waals surface area (Å²) in [6.45, 7) is 7.93. The maximum Gasteiger partial charge on any atom is 0.257 e. The van der Waals surface area contributed by atoms with Gasteiger partial charge in [-0.25, -0.2) is 0 Å². The summed E-state index contributed by atoms with van der Waals surface area (Å²) in [5.74, 6) is 0.0139. The SMILES string of the molecule is CCCn1ncc(C(=O)N2CCN([C@@H]3COC[C@@H](O)[C@H]3O)CC2)c1C. The third kappa shape index (κ3) is 3.72. The number of carbonyl (C=O) groups excluding carboxylic acids is 1. The number of hydrogen-bond acceptors (Lipinski definition) is 6. The van der Waals surface area contributed by atoms with Gasteiger partial charge in [-0.15, -0.1) is 0 Å². The van der Waals surface area contributed by atoms with Crippen molar-refractivity contribution in [3.63, 3.8) is 0 Å². The molecule has 3 atom stereocenters. The van der Waals surface area contributed by atoms with Gasteiger partial charge >= 0.3 is 0 Å². The van der Waals surface area contributed by atoms with E-state index in [0.717, 1.165) is 18.7 Å². The number of piperazine rings is 1. The minimum atomic E-state index is -0.842. The van der Waals surface area contributed by atoms with E-state index in [2.05, 4.69) is 16.9 Å². The van der Waals surface area contributed by atoms with Crippen molar-refractivity contribution in [3.05, 3.63) is 17.5 Å². The van der Waals surface area contributed by atoms with Gasteiger partial charge in [-0.2, -0.15) is 5.10 Å². The molecule has 2 fully saturated rings. The van der Waals surface area contributed by atoms with E-state index in [-0.39, 0.29) is 18.6 Å². The van der Waals surface area contributed by atoms with Crippen molar-refractivity contribution in [2.75, 3.05) is 39.4 Å². The predicted molar refractivity (Wildman–Crippen MR) is 91.4 cm³/mol. The summed E-state index contributed by atoms with van der Waals surface area (Å²) >= 11 is 0. The molecule has 8 nitrogen and oxygen atoms in total. The van der Waals surface area contributed by atoms with Crippen LogP contribution in [0.25, 0.3) is 0 Å². The van der Waals surface area contributed by atoms with E-state index < -0.39 is 12.2 Å². The van der Waals surface area contributed by atoms with Crippen LogP contribution in [0.5, 0.6) is 0 Å². The number of aliphatic hydroxyl groups is 2. The Morgan fingerprint density at radius 3 is 2.68 bits per heavy atom. The third-order valence-corrected chi connectivity index (χ3v) is 5.21. The van der Waals surface area contributed by atoms with E-state index >= 15 is 0 Å². The standard InChI is InChI=1S/C17H28N4O4/c1-3-4-21-12(2)13(9-18-21)17(24)20-7-5-19(6-8-20)14-10-25-11-15(22)16(14)23/h9,14-16,22-23H,3-8,10-11H2,1-2H3/t14-,15-,16+/m1/s1. The number of nitrogens with zero attached hydrogens (tertiary/aromatic N) is 4. The van der Waals surface area contributed by atoms with E-state index in [1.165, 1.54) is 0 Å². The van der Waals surface area contributed by atoms with Crippen LogP contribution in [-0.2, 0) is 11.3 Å². The first-order valence-corrected chi connectivity index (χ1v) is 9.02. The molecule has 0 radical (unpaired) electrons. The molecular weight excluding hydrogens is 324 g/mol. The lowest BCUT2D eigenvalue weighted by Crippen LogP contribution is -2.60. The second-order valence-electron chi connectivity index (χ2n) is 6.86. The Hall–Kier alpha value is -1.48. The lowest BCUT2D eigenvalue weighted by Gasteiger charge is -2.43. The smallest absolute Gasteiger partial charge is 0.257 e. The highest BCUT2D eigenvalue weighted by Gasteiger charge is 2.37. The van der Waals surface area contributed by atoms with Gasteiger partial charge in [0.15, 0.2) is 0 Å². The molecule has 0 bridgehead atoms. The molecule has 3 heterocycles. The summed E-state index contributed by atoms with van der Waals surface area (Å²) in [4.78, 5) is 16.7. The second kappa shape index (κ2) is 7.82. The summed E-state index contributed by atoms with van der Waals surface area (Å²) in [6.07, 6.45) is 0.998. The maximum absolute atomic E-state index is 12.8. The summed E-state index contributed by atoms with van der Waals surface area (Å²) < 4.78 is 7.24. The van der Waals surface area contributed by atoms with Crippen LogP contribution < -0.4 is 0 Å². The fourth-order valence-electron chi connectivity index (χ4n) is 3.61. The van der Waals surface area contributed by atoms with E-state index in [4.69, 9.17) is 4.74 Å². The van der Waals surface area contributed by atoms with Crippen LogP contribution in [0.3, 0.4) is 0 Å². The van der Waals surface area contributed by atoms with Crippen molar-refractivity contribution in [1.29, 1.82) is 0 Å². The van der Waals surface area contributed by atoms with Gasteiger partial charge in [0.2, 0.25) is 0 Å². The van der Waals surface area contributed by atoms with Crippen molar-refractivity contribution in [1.82, 2.24) is 19.6 Å². The largest absolute Gasteiger partial charge is 0.389 e. The third-order valence-electron chi connectivity index (χ3n) is 5.21. The molecule has 1 aromatic heterocycles. The highest BCUT2D eigenvalue weighted by atomic mass is 16.5. The Labute approximate surface area is 148 Å². The van der Waals surface area contributed by atoms with Gasteiger partial charge < -0.3 is 19.8 Å². The van der Waals surface area contributed by atoms with Crippen molar-refractivity contribution in [2.45, 2.75) is 45.1 Å². The van der Waals surface area contributed by atoms with Gasteiger partial charge in [-0.05, 0) is 13.3 Å². The summed E-state index contributed by atoms with van der Waals surface area (Å²) in [6, 6.07) is -0.213. The minimum absolute atomic E-state index is 0.0139. The Kier molecular flexibility index (Phi) is 5.73. The lowest BCUT2D eigenvalue weighted by atomic mass is 10.0. The van der Waals surface area contributed by atoms with Crippen molar-refractivity contribution in [3.8, 4) is 0 Å². The minimum Gasteiger partial charge on any atom is -0.389 e. The van der Waals surface area contributed by atoms with E-state index in [1.807, 2.05) is 16.5 Å². The number of amides is 1. The molecule has 0 aromatic carbocycles. The molecule has 8 heteroatoms. The van der Waals surface area contributed by atoms with Crippen LogP contribution in [0.1, 0.15) is 29.4 Å². The molecule has 1 aromatic rings. The number of rotatable bonds is 4. The fraction of sp³-hybridized carbons (Fsp3) is 0.765. The molecule has 1 amide bonds. The Bertz CT molecular complexity index is 597. The molecule has 140 valence electrons. The van der Waals surface area contributed by atoms with Crippen molar-refractivity contribution >= 4 is 5.91 Å². The molecule has 2 N–H and O–H groups in total. The monoisotopic (exact) mass is 352 g/mol. The molecule has 0 spiro atoms. The highest BCUT2D eigenvalue weighted by molar-refractivity contribution is 5.95. The lowest BCUT2D eigenvalue weighted by molar-refractivity contribution is -0.136. The fourth-order valence-corrected chi connectivity index (χ4v) is 3.61. The number of ether oxygens (including phenoxy) is 1. The van der Waals surface area contributed by atoms with Crippen LogP contribution in [0.2, 0.25) is 0 Å². The first-order valence-electron chi connectivity index (χ1n) is 9.02. The average molecular weight is 352 g/mol. The van der Waals surface area contributed by atoms with E-state index in [1.54, 1.807) is 6.20 Å². The number of aliphatic hydroxyl groups excluding tert-OH is 2. The molecule has 25 heavy (non-hydrogen) atoms. The number of carbonyl (C=O) groups is 1. The van der Waals surface area contributed by atoms with E-state index in [9.17, 15) is 15.0 Å². The van der Waals surface area contributed by atoms with Gasteiger partial charge in [-0.1, -0.05) is 6.92 Å². The first-order chi connectivity index (χ1) is 12.0. The topological polar surface area (TPSA) is 91.1 Å². The second-order valence-corrected chi connectivity index (χ2v) is 6.86. The zero-order valence-corrected chi connectivity index (χ0v) is 15.0. The van der Waals surface area contributed by atoms with Crippen LogP contribution >= 0.6 is 0 Å². The highest BCUT2D eigenvalue weighted by Crippen LogP contribution is 2.19. The Balaban J connectivity index is 1.59. The molecule has 2 aliphatic heterocycles. The summed E-state index contributed by atoms with van der Waals surface area (Å²) in [5, 5.41) is 24.2. The number of hydrogen-bond donors (Lipinski definition) is 2. The van der Waals surface area contributed by atoms with Gasteiger partial charge in [-0.3, -0.25) is 14.4 Å². The van der Waals surface area contributed by atoms with Crippen molar-refractivity contribution in [2.24, 2.45) is 0 Å². The summed E-state index contributed by atoms with van der Waals surface area (Å²) in [5.41, 5.74) is 1.58. The van der Waals surface area contributed by atoms with Gasteiger partial charge in [0.25, 0.3) is 5.91 Å². The quantitative estimate of drug-likeness (QED) is 0.758. The molecule has 3 rings (SSSR count). The van der Waals surface area contributed by atoms with Gasteiger partial charge in [0.1, 0.15) is 6.10 Å². The van der Waals surface area contributed by atoms with Crippen molar-refractivity contribution < 1.29 is 19.7 Å².